The van der Waals surface area contributed by atoms with E-state index in [4.69, 9.17) is 0 Å². The summed E-state index contributed by atoms with van der Waals surface area (Å²) < 4.78 is 245. The molecule has 0 amide bonds. The molecule has 0 aliphatic carbocycles. The van der Waals surface area contributed by atoms with Crippen LogP contribution in [0.15, 0.2) is 0 Å². The number of rotatable bonds is 13. The third kappa shape index (κ3) is 9.29. The van der Waals surface area contributed by atoms with Crippen molar-refractivity contribution in [2.75, 3.05) is 26.9 Å². The van der Waals surface area contributed by atoms with Crippen LogP contribution in [0.1, 0.15) is 6.92 Å². The molecule has 0 atom stereocenters. The van der Waals surface area contributed by atoms with Crippen molar-refractivity contribution in [3.8, 4) is 0 Å². The first-order valence-electron chi connectivity index (χ1n) is 8.70. The molecule has 24 heteroatoms. The van der Waals surface area contributed by atoms with Crippen molar-refractivity contribution in [3.05, 3.63) is 0 Å². The summed E-state index contributed by atoms with van der Waals surface area (Å²) in [5.41, 5.74) is 3.13. The molecule has 0 aromatic rings. The third-order valence-corrected chi connectivity index (χ3v) is 3.33. The summed E-state index contributed by atoms with van der Waals surface area (Å²) in [6.07, 6.45) is -36.9. The van der Waals surface area contributed by atoms with Crippen molar-refractivity contribution < 1.29 is 108 Å². The van der Waals surface area contributed by atoms with Crippen molar-refractivity contribution in [1.29, 1.82) is 0 Å². The van der Waals surface area contributed by atoms with Crippen LogP contribution in [-0.4, -0.2) is 81.4 Å². The minimum atomic E-state index is -6.77. The first-order valence-corrected chi connectivity index (χ1v) is 8.70. The largest absolute Gasteiger partial charge is 0.460 e. The normalized spacial score (nSPS) is 15.3. The minimum absolute atomic E-state index is 0.0713. The van der Waals surface area contributed by atoms with E-state index in [1.54, 1.807) is 0 Å². The van der Waals surface area contributed by atoms with Gasteiger partial charge in [0, 0.05) is 14.0 Å². The number of methoxy groups -OCH3 is 1. The molecular weight excluding hydrogens is 607 g/mol. The second-order valence-electron chi connectivity index (χ2n) is 6.55. The number of ether oxygens (including phenoxy) is 4. The molecule has 0 saturated carbocycles. The van der Waals surface area contributed by atoms with Gasteiger partial charge in [-0.3, -0.25) is 0 Å². The van der Waals surface area contributed by atoms with Crippen molar-refractivity contribution in [2.45, 2.75) is 61.4 Å². The average molecular weight is 622 g/mol. The van der Waals surface area contributed by atoms with E-state index in [0.717, 1.165) is 0 Å². The molecule has 0 aromatic carbocycles. The van der Waals surface area contributed by atoms with Gasteiger partial charge < -0.3 is 15.2 Å². The van der Waals surface area contributed by atoms with Crippen molar-refractivity contribution in [3.63, 3.8) is 0 Å². The maximum atomic E-state index is 13.0. The highest BCUT2D eigenvalue weighted by molar-refractivity contribution is 4.98. The van der Waals surface area contributed by atoms with E-state index in [9.17, 15) is 83.4 Å². The zero-order chi connectivity index (χ0) is 31.4. The van der Waals surface area contributed by atoms with E-state index < -0.39 is 74.6 Å². The Hall–Kier alpha value is -1.53. The topological polar surface area (TPSA) is 64.6 Å². The van der Waals surface area contributed by atoms with E-state index >= 15 is 0 Å². The minimum Gasteiger partial charge on any atom is -0.367 e. The molecule has 3 N–H and O–H groups in total. The fourth-order valence-corrected chi connectivity index (χ4v) is 1.42. The Morgan fingerprint density at radius 2 is 0.921 bits per heavy atom. The zero-order valence-electron chi connectivity index (χ0n) is 18.1. The quantitative estimate of drug-likeness (QED) is 0.222. The second-order valence-corrected chi connectivity index (χ2v) is 6.55. The number of quaternary nitrogens is 1. The Bertz CT molecular complexity index is 710. The molecule has 0 aromatic heterocycles. The van der Waals surface area contributed by atoms with Gasteiger partial charge in [0.1, 0.15) is 6.61 Å². The van der Waals surface area contributed by atoms with Crippen LogP contribution in [0, 0.1) is 0 Å². The van der Waals surface area contributed by atoms with Gasteiger partial charge in [-0.1, -0.05) is 0 Å². The van der Waals surface area contributed by atoms with Gasteiger partial charge >= 0.3 is 54.5 Å². The predicted octanol–water partition coefficient (Wildman–Crippen LogP) is 5.36. The van der Waals surface area contributed by atoms with Gasteiger partial charge in [0.15, 0.2) is 0 Å². The smallest absolute Gasteiger partial charge is 0.367 e. The lowest BCUT2D eigenvalue weighted by molar-refractivity contribution is -0.544. The molecule has 0 radical (unpaired) electrons. The van der Waals surface area contributed by atoms with Gasteiger partial charge in [0.05, 0.1) is 13.2 Å². The molecule has 0 heterocycles. The van der Waals surface area contributed by atoms with Gasteiger partial charge in [0.2, 0.25) is 0 Å². The van der Waals surface area contributed by atoms with Crippen molar-refractivity contribution in [2.24, 2.45) is 0 Å². The zero-order valence-corrected chi connectivity index (χ0v) is 18.1. The molecular formula is C14H15F19NO4+. The fourth-order valence-electron chi connectivity index (χ4n) is 1.42. The first kappa shape index (κ1) is 38.6. The van der Waals surface area contributed by atoms with Crippen LogP contribution in [0.3, 0.4) is 0 Å². The Morgan fingerprint density at radius 1 is 0.553 bits per heavy atom. The van der Waals surface area contributed by atoms with E-state index in [0.29, 0.717) is 0 Å². The molecule has 232 valence electrons. The monoisotopic (exact) mass is 622 g/mol. The maximum Gasteiger partial charge on any atom is 0.460 e. The van der Waals surface area contributed by atoms with Crippen LogP contribution in [0.5, 0.6) is 0 Å². The van der Waals surface area contributed by atoms with Gasteiger partial charge in [-0.15, -0.1) is 0 Å². The fraction of sp³-hybridized carbons (Fsp3) is 1.00. The maximum absolute atomic E-state index is 13.0. The van der Waals surface area contributed by atoms with Gasteiger partial charge in [-0.05, 0) is 0 Å². The highest BCUT2D eigenvalue weighted by Crippen LogP contribution is 2.52. The third-order valence-electron chi connectivity index (χ3n) is 3.33. The number of alkyl halides is 19. The number of hydrogen-bond acceptors (Lipinski definition) is 4. The molecule has 0 fully saturated rings. The van der Waals surface area contributed by atoms with Crippen LogP contribution in [0.25, 0.3) is 0 Å². The molecule has 5 nitrogen and oxygen atoms in total. The molecule has 0 spiro atoms. The summed E-state index contributed by atoms with van der Waals surface area (Å²) in [6, 6.07) is 0. The van der Waals surface area contributed by atoms with E-state index in [1.807, 2.05) is 4.74 Å². The molecule has 0 rings (SSSR count). The first-order chi connectivity index (χ1) is 16.3. The summed E-state index contributed by atoms with van der Waals surface area (Å²) in [4.78, 5) is 0. The van der Waals surface area contributed by atoms with Crippen LogP contribution < -0.4 is 5.73 Å². The summed E-state index contributed by atoms with van der Waals surface area (Å²) in [5.74, 6) is -18.7. The average Bonchev–Trinajstić information content (AvgIpc) is 2.64. The summed E-state index contributed by atoms with van der Waals surface area (Å²) >= 11 is 0. The molecule has 0 bridgehead atoms. The predicted molar refractivity (Wildman–Crippen MR) is 79.1 cm³/mol. The molecule has 0 aliphatic rings. The lowest BCUT2D eigenvalue weighted by atomic mass is 10.1. The van der Waals surface area contributed by atoms with E-state index in [-0.39, 0.29) is 13.7 Å². The van der Waals surface area contributed by atoms with E-state index in [2.05, 4.69) is 19.9 Å². The highest BCUT2D eigenvalue weighted by Gasteiger charge is 2.80. The molecule has 0 unspecified atom stereocenters. The van der Waals surface area contributed by atoms with Crippen molar-refractivity contribution >= 4 is 0 Å². The SMILES string of the molecule is CC(F)(F)C(F)(F)C(F)(F)C(F)(F)F.COC(F)(F)C(F)(F)OC(F)(F)C(F)(F)OC(F)(F)COCC[NH3+]. The molecule has 0 saturated heterocycles. The van der Waals surface area contributed by atoms with Crippen LogP contribution in [0.4, 0.5) is 83.4 Å². The summed E-state index contributed by atoms with van der Waals surface area (Å²) in [7, 11) is -0.0713. The van der Waals surface area contributed by atoms with Gasteiger partial charge in [0.25, 0.3) is 0 Å². The molecule has 0 aliphatic heterocycles. The van der Waals surface area contributed by atoms with Gasteiger partial charge in [-0.2, -0.15) is 83.4 Å². The van der Waals surface area contributed by atoms with Crippen LogP contribution in [-0.2, 0) is 18.9 Å². The Kier molecular flexibility index (Phi) is 12.1. The Morgan fingerprint density at radius 3 is 1.21 bits per heavy atom. The number of halogens is 19. The second kappa shape index (κ2) is 11.9. The standard InChI is InChI=1S/C9H11F10NO4.C5H3F9/c1-21-6(12,13)7(14,15)24-9(18,19)8(16,17)23-5(10,11)4-22-3-2-20;1-2(6,7)3(8,9)4(10,11)5(12,13)14/h2-4,20H2,1H3;1H3/p+1. The lowest BCUT2D eigenvalue weighted by Crippen LogP contribution is -2.59. The lowest BCUT2D eigenvalue weighted by Gasteiger charge is -2.32. The van der Waals surface area contributed by atoms with Crippen LogP contribution in [0.2, 0.25) is 0 Å². The molecule has 38 heavy (non-hydrogen) atoms. The Balaban J connectivity index is 0. The summed E-state index contributed by atoms with van der Waals surface area (Å²) in [5, 5.41) is 0. The Labute approximate surface area is 197 Å². The number of hydrogen-bond donors (Lipinski definition) is 1. The summed E-state index contributed by atoms with van der Waals surface area (Å²) in [6.45, 7) is -3.26. The van der Waals surface area contributed by atoms with Crippen LogP contribution >= 0.6 is 0 Å². The van der Waals surface area contributed by atoms with Gasteiger partial charge in [-0.25, -0.2) is 9.47 Å². The van der Waals surface area contributed by atoms with E-state index in [1.165, 1.54) is 0 Å². The van der Waals surface area contributed by atoms with Crippen molar-refractivity contribution in [1.82, 2.24) is 0 Å². The highest BCUT2D eigenvalue weighted by atomic mass is 19.4.